The first-order valence-electron chi connectivity index (χ1n) is 6.20. The van der Waals surface area contributed by atoms with Crippen LogP contribution in [0, 0.1) is 11.6 Å². The zero-order valence-corrected chi connectivity index (χ0v) is 10.7. The SMILES string of the molecule is OC(CNc1ccc(F)c(F)c1)COc1ccccc1. The molecule has 5 heteroatoms. The zero-order valence-electron chi connectivity index (χ0n) is 10.7. The first-order chi connectivity index (χ1) is 9.65. The predicted octanol–water partition coefficient (Wildman–Crippen LogP) is 2.82. The molecule has 0 aromatic heterocycles. The quantitative estimate of drug-likeness (QED) is 0.854. The Labute approximate surface area is 115 Å². The van der Waals surface area contributed by atoms with E-state index in [0.717, 1.165) is 12.1 Å². The van der Waals surface area contributed by atoms with Crippen molar-refractivity contribution < 1.29 is 18.6 Å². The molecule has 20 heavy (non-hydrogen) atoms. The molecule has 2 N–H and O–H groups in total. The van der Waals surface area contributed by atoms with E-state index < -0.39 is 17.7 Å². The molecule has 2 rings (SSSR count). The number of para-hydroxylation sites is 1. The highest BCUT2D eigenvalue weighted by atomic mass is 19.2. The van der Waals surface area contributed by atoms with Crippen LogP contribution in [0.15, 0.2) is 48.5 Å². The number of halogens is 2. The Kier molecular flexibility index (Phi) is 4.90. The van der Waals surface area contributed by atoms with Crippen molar-refractivity contribution in [2.75, 3.05) is 18.5 Å². The van der Waals surface area contributed by atoms with Gasteiger partial charge >= 0.3 is 0 Å². The lowest BCUT2D eigenvalue weighted by Crippen LogP contribution is -2.26. The average molecular weight is 279 g/mol. The van der Waals surface area contributed by atoms with E-state index >= 15 is 0 Å². The van der Waals surface area contributed by atoms with Gasteiger partial charge in [0, 0.05) is 18.3 Å². The molecule has 3 nitrogen and oxygen atoms in total. The smallest absolute Gasteiger partial charge is 0.160 e. The molecule has 1 unspecified atom stereocenters. The van der Waals surface area contributed by atoms with E-state index in [0.29, 0.717) is 11.4 Å². The van der Waals surface area contributed by atoms with Gasteiger partial charge in [-0.05, 0) is 24.3 Å². The fraction of sp³-hybridized carbons (Fsp3) is 0.200. The van der Waals surface area contributed by atoms with Gasteiger partial charge in [-0.1, -0.05) is 18.2 Å². The summed E-state index contributed by atoms with van der Waals surface area (Å²) in [4.78, 5) is 0. The van der Waals surface area contributed by atoms with E-state index in [1.54, 1.807) is 12.1 Å². The number of ether oxygens (including phenoxy) is 1. The highest BCUT2D eigenvalue weighted by Gasteiger charge is 2.07. The number of hydrogen-bond acceptors (Lipinski definition) is 3. The van der Waals surface area contributed by atoms with Crippen LogP contribution >= 0.6 is 0 Å². The summed E-state index contributed by atoms with van der Waals surface area (Å²) in [5.41, 5.74) is 0.405. The van der Waals surface area contributed by atoms with Gasteiger partial charge in [0.25, 0.3) is 0 Å². The molecular formula is C15H15F2NO2. The van der Waals surface area contributed by atoms with Crippen LogP contribution in [0.4, 0.5) is 14.5 Å². The lowest BCUT2D eigenvalue weighted by molar-refractivity contribution is 0.117. The predicted molar refractivity (Wildman–Crippen MR) is 72.8 cm³/mol. The summed E-state index contributed by atoms with van der Waals surface area (Å²) in [6.45, 7) is 0.290. The Bertz CT molecular complexity index is 549. The molecule has 0 radical (unpaired) electrons. The molecule has 0 saturated heterocycles. The Morgan fingerprint density at radius 2 is 1.80 bits per heavy atom. The number of benzene rings is 2. The monoisotopic (exact) mass is 279 g/mol. The summed E-state index contributed by atoms with van der Waals surface area (Å²) in [6, 6.07) is 12.6. The van der Waals surface area contributed by atoms with Gasteiger partial charge in [-0.3, -0.25) is 0 Å². The van der Waals surface area contributed by atoms with Crippen molar-refractivity contribution in [3.05, 3.63) is 60.2 Å². The third kappa shape index (κ3) is 4.20. The second kappa shape index (κ2) is 6.86. The average Bonchev–Trinajstić information content (AvgIpc) is 2.47. The van der Waals surface area contributed by atoms with Gasteiger partial charge in [0.2, 0.25) is 0 Å². The fourth-order valence-corrected chi connectivity index (χ4v) is 1.61. The van der Waals surface area contributed by atoms with Crippen molar-refractivity contribution in [3.8, 4) is 5.75 Å². The topological polar surface area (TPSA) is 41.5 Å². The van der Waals surface area contributed by atoms with Gasteiger partial charge in [0.1, 0.15) is 18.5 Å². The second-order valence-electron chi connectivity index (χ2n) is 4.29. The van der Waals surface area contributed by atoms with Crippen LogP contribution in [-0.2, 0) is 0 Å². The fourth-order valence-electron chi connectivity index (χ4n) is 1.61. The maximum absolute atomic E-state index is 13.0. The number of aliphatic hydroxyl groups excluding tert-OH is 1. The Morgan fingerprint density at radius 3 is 2.50 bits per heavy atom. The molecule has 0 aliphatic rings. The third-order valence-electron chi connectivity index (χ3n) is 2.65. The molecular weight excluding hydrogens is 264 g/mol. The lowest BCUT2D eigenvalue weighted by Gasteiger charge is -2.14. The molecule has 0 aliphatic heterocycles. The summed E-state index contributed by atoms with van der Waals surface area (Å²) in [6.07, 6.45) is -0.761. The molecule has 106 valence electrons. The van der Waals surface area contributed by atoms with Crippen molar-refractivity contribution in [2.24, 2.45) is 0 Å². The molecule has 0 saturated carbocycles. The summed E-state index contributed by atoms with van der Waals surface area (Å²) in [5.74, 6) is -1.16. The normalized spacial score (nSPS) is 11.9. The Balaban J connectivity index is 1.77. The van der Waals surface area contributed by atoms with E-state index in [1.807, 2.05) is 18.2 Å². The van der Waals surface area contributed by atoms with Crippen LogP contribution in [-0.4, -0.2) is 24.4 Å². The third-order valence-corrected chi connectivity index (χ3v) is 2.65. The van der Waals surface area contributed by atoms with E-state index in [1.165, 1.54) is 6.07 Å². The molecule has 0 fully saturated rings. The van der Waals surface area contributed by atoms with E-state index in [9.17, 15) is 13.9 Å². The van der Waals surface area contributed by atoms with Gasteiger partial charge in [-0.2, -0.15) is 0 Å². The van der Waals surface area contributed by atoms with Crippen LogP contribution in [0.25, 0.3) is 0 Å². The first kappa shape index (κ1) is 14.3. The first-order valence-corrected chi connectivity index (χ1v) is 6.20. The second-order valence-corrected chi connectivity index (χ2v) is 4.29. The minimum atomic E-state index is -0.926. The van der Waals surface area contributed by atoms with Crippen molar-refractivity contribution in [2.45, 2.75) is 6.10 Å². The highest BCUT2D eigenvalue weighted by molar-refractivity contribution is 5.43. The lowest BCUT2D eigenvalue weighted by atomic mass is 10.3. The molecule has 2 aromatic rings. The number of anilines is 1. The summed E-state index contributed by atoms with van der Waals surface area (Å²) in [5, 5.41) is 12.6. The molecule has 0 heterocycles. The van der Waals surface area contributed by atoms with Gasteiger partial charge in [0.15, 0.2) is 11.6 Å². The van der Waals surface area contributed by atoms with Crippen LogP contribution in [0.5, 0.6) is 5.75 Å². The summed E-state index contributed by atoms with van der Waals surface area (Å²) >= 11 is 0. The van der Waals surface area contributed by atoms with Crippen molar-refractivity contribution in [1.29, 1.82) is 0 Å². The van der Waals surface area contributed by atoms with E-state index in [-0.39, 0.29) is 13.2 Å². The van der Waals surface area contributed by atoms with Crippen molar-refractivity contribution in [1.82, 2.24) is 0 Å². The zero-order chi connectivity index (χ0) is 14.4. The Hall–Kier alpha value is -2.14. The molecule has 0 aliphatic carbocycles. The molecule has 1 atom stereocenters. The maximum Gasteiger partial charge on any atom is 0.160 e. The summed E-state index contributed by atoms with van der Waals surface area (Å²) in [7, 11) is 0. The van der Waals surface area contributed by atoms with Gasteiger partial charge < -0.3 is 15.2 Å². The number of nitrogens with one attached hydrogen (secondary N) is 1. The van der Waals surface area contributed by atoms with Gasteiger partial charge in [0.05, 0.1) is 0 Å². The highest BCUT2D eigenvalue weighted by Crippen LogP contribution is 2.13. The number of aliphatic hydroxyl groups is 1. The standard InChI is InChI=1S/C15H15F2NO2/c16-14-7-6-11(8-15(14)17)18-9-12(19)10-20-13-4-2-1-3-5-13/h1-8,12,18-19H,9-10H2. The molecule has 0 spiro atoms. The van der Waals surface area contributed by atoms with E-state index in [2.05, 4.69) is 5.32 Å². The minimum absolute atomic E-state index is 0.112. The maximum atomic E-state index is 13.0. The van der Waals surface area contributed by atoms with Crippen LogP contribution in [0.3, 0.4) is 0 Å². The van der Waals surface area contributed by atoms with E-state index in [4.69, 9.17) is 4.74 Å². The number of hydrogen-bond donors (Lipinski definition) is 2. The minimum Gasteiger partial charge on any atom is -0.491 e. The summed E-state index contributed by atoms with van der Waals surface area (Å²) < 4.78 is 31.1. The van der Waals surface area contributed by atoms with Crippen LogP contribution in [0.2, 0.25) is 0 Å². The molecule has 0 amide bonds. The van der Waals surface area contributed by atoms with Crippen molar-refractivity contribution in [3.63, 3.8) is 0 Å². The van der Waals surface area contributed by atoms with Crippen LogP contribution in [0.1, 0.15) is 0 Å². The Morgan fingerprint density at radius 1 is 1.05 bits per heavy atom. The largest absolute Gasteiger partial charge is 0.491 e. The van der Waals surface area contributed by atoms with Gasteiger partial charge in [-0.15, -0.1) is 0 Å². The molecule has 0 bridgehead atoms. The van der Waals surface area contributed by atoms with Gasteiger partial charge in [-0.25, -0.2) is 8.78 Å². The van der Waals surface area contributed by atoms with Crippen LogP contribution < -0.4 is 10.1 Å². The van der Waals surface area contributed by atoms with Crippen molar-refractivity contribution >= 4 is 5.69 Å². The molecule has 2 aromatic carbocycles. The number of rotatable bonds is 6.